The SMILES string of the molecule is NCc1ccccc1S(=O)(=O)NCc1ccc(C[C@H](N)C(=O)O)cc1. The average Bonchev–Trinajstić information content (AvgIpc) is 2.61. The zero-order chi connectivity index (χ0) is 18.4. The van der Waals surface area contributed by atoms with Gasteiger partial charge in [0.2, 0.25) is 10.0 Å². The third-order valence-corrected chi connectivity index (χ3v) is 5.25. The number of carboxylic acid groups (broad SMARTS) is 1. The van der Waals surface area contributed by atoms with E-state index in [0.29, 0.717) is 5.56 Å². The van der Waals surface area contributed by atoms with Gasteiger partial charge in [-0.1, -0.05) is 42.5 Å². The molecule has 0 aromatic heterocycles. The maximum Gasteiger partial charge on any atom is 0.320 e. The van der Waals surface area contributed by atoms with Crippen molar-refractivity contribution < 1.29 is 18.3 Å². The van der Waals surface area contributed by atoms with E-state index in [1.165, 1.54) is 6.07 Å². The van der Waals surface area contributed by atoms with Crippen LogP contribution in [0.15, 0.2) is 53.4 Å². The minimum absolute atomic E-state index is 0.118. The number of rotatable bonds is 8. The third kappa shape index (κ3) is 5.10. The van der Waals surface area contributed by atoms with Crippen LogP contribution in [0.25, 0.3) is 0 Å². The molecule has 0 aliphatic heterocycles. The molecule has 0 heterocycles. The van der Waals surface area contributed by atoms with Crippen LogP contribution in [0.2, 0.25) is 0 Å². The van der Waals surface area contributed by atoms with E-state index in [1.807, 2.05) is 0 Å². The molecule has 0 unspecified atom stereocenters. The second-order valence-corrected chi connectivity index (χ2v) is 7.34. The van der Waals surface area contributed by atoms with Crippen molar-refractivity contribution in [2.75, 3.05) is 0 Å². The summed E-state index contributed by atoms with van der Waals surface area (Å²) in [6.45, 7) is 0.252. The smallest absolute Gasteiger partial charge is 0.320 e. The Morgan fingerprint density at radius 1 is 1.08 bits per heavy atom. The molecule has 2 rings (SSSR count). The average molecular weight is 363 g/mol. The molecule has 1 atom stereocenters. The van der Waals surface area contributed by atoms with Crippen LogP contribution in [0, 0.1) is 0 Å². The summed E-state index contributed by atoms with van der Waals surface area (Å²) in [6.07, 6.45) is 0.214. The van der Waals surface area contributed by atoms with Gasteiger partial charge in [0.05, 0.1) is 4.90 Å². The Morgan fingerprint density at radius 2 is 1.68 bits per heavy atom. The Hall–Kier alpha value is -2.26. The van der Waals surface area contributed by atoms with Gasteiger partial charge in [-0.25, -0.2) is 13.1 Å². The van der Waals surface area contributed by atoms with Crippen LogP contribution in [0.5, 0.6) is 0 Å². The summed E-state index contributed by atoms with van der Waals surface area (Å²) in [5.74, 6) is -1.06. The van der Waals surface area contributed by atoms with Crippen molar-refractivity contribution in [3.8, 4) is 0 Å². The molecule has 8 heteroatoms. The largest absolute Gasteiger partial charge is 0.480 e. The number of carboxylic acids is 1. The van der Waals surface area contributed by atoms with Gasteiger partial charge in [-0.2, -0.15) is 0 Å². The molecule has 25 heavy (non-hydrogen) atoms. The molecule has 6 N–H and O–H groups in total. The summed E-state index contributed by atoms with van der Waals surface area (Å²) in [4.78, 5) is 10.9. The number of benzene rings is 2. The predicted octanol–water partition coefficient (Wildman–Crippen LogP) is 0.578. The molecule has 7 nitrogen and oxygen atoms in total. The van der Waals surface area contributed by atoms with Gasteiger partial charge in [-0.15, -0.1) is 0 Å². The van der Waals surface area contributed by atoms with Crippen LogP contribution in [0.3, 0.4) is 0 Å². The lowest BCUT2D eigenvalue weighted by atomic mass is 10.0. The molecular weight excluding hydrogens is 342 g/mol. The van der Waals surface area contributed by atoms with E-state index in [4.69, 9.17) is 16.6 Å². The molecule has 134 valence electrons. The molecule has 0 spiro atoms. The number of hydrogen-bond donors (Lipinski definition) is 4. The lowest BCUT2D eigenvalue weighted by molar-refractivity contribution is -0.138. The Morgan fingerprint density at radius 3 is 2.28 bits per heavy atom. The zero-order valence-corrected chi connectivity index (χ0v) is 14.4. The minimum Gasteiger partial charge on any atom is -0.480 e. The fourth-order valence-electron chi connectivity index (χ4n) is 2.33. The lowest BCUT2D eigenvalue weighted by Crippen LogP contribution is -2.32. The highest BCUT2D eigenvalue weighted by Gasteiger charge is 2.17. The molecule has 0 radical (unpaired) electrons. The quantitative estimate of drug-likeness (QED) is 0.542. The highest BCUT2D eigenvalue weighted by molar-refractivity contribution is 7.89. The number of sulfonamides is 1. The molecule has 0 saturated heterocycles. The highest BCUT2D eigenvalue weighted by atomic mass is 32.2. The first-order valence-corrected chi connectivity index (χ1v) is 9.15. The van der Waals surface area contributed by atoms with Crippen LogP contribution >= 0.6 is 0 Å². The number of carbonyl (C=O) groups is 1. The first kappa shape index (κ1) is 19.1. The van der Waals surface area contributed by atoms with E-state index >= 15 is 0 Å². The highest BCUT2D eigenvalue weighted by Crippen LogP contribution is 2.15. The van der Waals surface area contributed by atoms with Crippen LogP contribution in [0.1, 0.15) is 16.7 Å². The van der Waals surface area contributed by atoms with Gasteiger partial charge in [0, 0.05) is 13.1 Å². The van der Waals surface area contributed by atoms with Crippen molar-refractivity contribution in [3.05, 3.63) is 65.2 Å². The molecule has 2 aromatic rings. The van der Waals surface area contributed by atoms with Gasteiger partial charge in [0.1, 0.15) is 6.04 Å². The van der Waals surface area contributed by atoms with Crippen molar-refractivity contribution >= 4 is 16.0 Å². The van der Waals surface area contributed by atoms with Crippen molar-refractivity contribution in [2.45, 2.75) is 30.4 Å². The fraction of sp³-hybridized carbons (Fsp3) is 0.235. The van der Waals surface area contributed by atoms with Gasteiger partial charge < -0.3 is 16.6 Å². The Bertz CT molecular complexity index is 835. The van der Waals surface area contributed by atoms with Gasteiger partial charge in [-0.3, -0.25) is 4.79 Å². The monoisotopic (exact) mass is 363 g/mol. The van der Waals surface area contributed by atoms with E-state index in [0.717, 1.165) is 11.1 Å². The van der Waals surface area contributed by atoms with Crippen LogP contribution < -0.4 is 16.2 Å². The third-order valence-electron chi connectivity index (χ3n) is 3.74. The minimum atomic E-state index is -3.67. The number of aliphatic carboxylic acids is 1. The standard InChI is InChI=1S/C17H21N3O4S/c18-10-14-3-1-2-4-16(14)25(23,24)20-11-13-7-5-12(6-8-13)9-15(19)17(21)22/h1-8,15,20H,9-11,18-19H2,(H,21,22)/t15-/m0/s1. The number of nitrogens with one attached hydrogen (secondary N) is 1. The van der Waals surface area contributed by atoms with Crippen LogP contribution in [-0.4, -0.2) is 25.5 Å². The second kappa shape index (κ2) is 8.21. The fourth-order valence-corrected chi connectivity index (χ4v) is 3.59. The molecule has 0 aliphatic carbocycles. The molecule has 0 saturated carbocycles. The van der Waals surface area contributed by atoms with Crippen LogP contribution in [0.4, 0.5) is 0 Å². The molecule has 0 fully saturated rings. The predicted molar refractivity (Wildman–Crippen MR) is 94.1 cm³/mol. The summed E-state index contributed by atoms with van der Waals surface area (Å²) in [6, 6.07) is 12.6. The number of hydrogen-bond acceptors (Lipinski definition) is 5. The number of nitrogens with two attached hydrogens (primary N) is 2. The molecule has 2 aromatic carbocycles. The van der Waals surface area contributed by atoms with E-state index in [-0.39, 0.29) is 24.4 Å². The van der Waals surface area contributed by atoms with Gasteiger partial charge in [0.25, 0.3) is 0 Å². The van der Waals surface area contributed by atoms with Crippen LogP contribution in [-0.2, 0) is 34.3 Å². The Balaban J connectivity index is 2.04. The van der Waals surface area contributed by atoms with E-state index < -0.39 is 22.0 Å². The van der Waals surface area contributed by atoms with Gasteiger partial charge in [-0.05, 0) is 29.2 Å². The molecule has 0 amide bonds. The second-order valence-electron chi connectivity index (χ2n) is 5.60. The molecule has 0 bridgehead atoms. The first-order chi connectivity index (χ1) is 11.8. The topological polar surface area (TPSA) is 136 Å². The van der Waals surface area contributed by atoms with Gasteiger partial charge in [0.15, 0.2) is 0 Å². The molecular formula is C17H21N3O4S. The van der Waals surface area contributed by atoms with Crippen molar-refractivity contribution in [3.63, 3.8) is 0 Å². The van der Waals surface area contributed by atoms with E-state index in [9.17, 15) is 13.2 Å². The summed E-state index contributed by atoms with van der Waals surface area (Å²) in [7, 11) is -3.67. The lowest BCUT2D eigenvalue weighted by Gasteiger charge is -2.11. The summed E-state index contributed by atoms with van der Waals surface area (Å²) >= 11 is 0. The Kier molecular flexibility index (Phi) is 6.27. The van der Waals surface area contributed by atoms with Gasteiger partial charge >= 0.3 is 5.97 Å². The van der Waals surface area contributed by atoms with Crippen molar-refractivity contribution in [2.24, 2.45) is 11.5 Å². The zero-order valence-electron chi connectivity index (χ0n) is 13.6. The summed E-state index contributed by atoms with van der Waals surface area (Å²) in [5, 5.41) is 8.81. The Labute approximate surface area is 146 Å². The van der Waals surface area contributed by atoms with Crippen molar-refractivity contribution in [1.82, 2.24) is 4.72 Å². The molecule has 0 aliphatic rings. The maximum atomic E-state index is 12.4. The normalized spacial score (nSPS) is 12.7. The van der Waals surface area contributed by atoms with E-state index in [1.54, 1.807) is 42.5 Å². The summed E-state index contributed by atoms with van der Waals surface area (Å²) in [5.41, 5.74) is 13.2. The maximum absolute atomic E-state index is 12.4. The van der Waals surface area contributed by atoms with E-state index in [2.05, 4.69) is 4.72 Å². The summed E-state index contributed by atoms with van der Waals surface area (Å²) < 4.78 is 27.4. The van der Waals surface area contributed by atoms with Crippen molar-refractivity contribution in [1.29, 1.82) is 0 Å². The first-order valence-electron chi connectivity index (χ1n) is 7.67.